The number of rotatable bonds is 2. The van der Waals surface area contributed by atoms with Crippen LogP contribution in [0.15, 0.2) is 84.9 Å². The van der Waals surface area contributed by atoms with E-state index < -0.39 is 0 Å². The van der Waals surface area contributed by atoms with Gasteiger partial charge in [-0.3, -0.25) is 0 Å². The number of aromatic nitrogens is 2. The smallest absolute Gasteiger partial charge is 0.125 e. The number of halogens is 1. The van der Waals surface area contributed by atoms with Gasteiger partial charge < -0.3 is 5.11 Å². The zero-order chi connectivity index (χ0) is 18.4. The fourth-order valence-corrected chi connectivity index (χ4v) is 3.47. The van der Waals surface area contributed by atoms with Crippen LogP contribution in [0.2, 0.25) is 0 Å². The summed E-state index contributed by atoms with van der Waals surface area (Å²) in [6.07, 6.45) is 0. The van der Waals surface area contributed by atoms with E-state index in [0.29, 0.717) is 11.3 Å². The molecule has 3 aromatic carbocycles. The van der Waals surface area contributed by atoms with E-state index in [2.05, 4.69) is 18.2 Å². The van der Waals surface area contributed by atoms with Crippen molar-refractivity contribution < 1.29 is 9.50 Å². The number of benzene rings is 3. The molecule has 0 saturated carbocycles. The van der Waals surface area contributed by atoms with E-state index in [4.69, 9.17) is 5.10 Å². The molecule has 0 aliphatic carbocycles. The summed E-state index contributed by atoms with van der Waals surface area (Å²) in [5.74, 6) is -0.0836. The first-order valence-electron chi connectivity index (χ1n) is 8.66. The van der Waals surface area contributed by atoms with Gasteiger partial charge in [0, 0.05) is 16.5 Å². The first-order valence-corrected chi connectivity index (χ1v) is 8.66. The molecular weight excluding hydrogens is 339 g/mol. The van der Waals surface area contributed by atoms with Crippen LogP contribution in [0.1, 0.15) is 0 Å². The lowest BCUT2D eigenvalue weighted by molar-refractivity contribution is 0.477. The van der Waals surface area contributed by atoms with E-state index in [1.165, 1.54) is 12.1 Å². The second kappa shape index (κ2) is 5.95. The number of phenolic OH excluding ortho intramolecular Hbond substituents is 1. The van der Waals surface area contributed by atoms with E-state index in [0.717, 1.165) is 27.5 Å². The average molecular weight is 354 g/mol. The number of hydrogen-bond acceptors (Lipinski definition) is 2. The second-order valence-corrected chi connectivity index (χ2v) is 6.47. The Balaban J connectivity index is 1.86. The monoisotopic (exact) mass is 354 g/mol. The standard InChI is InChI=1S/C23H15FN2O/c24-17-11-9-15(10-12-17)21-13-16-5-1-2-6-18(16)22-14-20(25-26(21)22)19-7-3-4-8-23(19)27/h1-14,27H. The van der Waals surface area contributed by atoms with Gasteiger partial charge in [-0.25, -0.2) is 8.91 Å². The van der Waals surface area contributed by atoms with Crippen molar-refractivity contribution in [1.29, 1.82) is 0 Å². The van der Waals surface area contributed by atoms with Gasteiger partial charge in [0.05, 0.1) is 16.9 Å². The normalized spacial score (nSPS) is 11.3. The highest BCUT2D eigenvalue weighted by atomic mass is 19.1. The molecule has 0 saturated heterocycles. The topological polar surface area (TPSA) is 37.5 Å². The Morgan fingerprint density at radius 1 is 0.815 bits per heavy atom. The maximum absolute atomic E-state index is 13.4. The molecule has 5 aromatic rings. The van der Waals surface area contributed by atoms with Crippen LogP contribution in [-0.4, -0.2) is 14.7 Å². The van der Waals surface area contributed by atoms with Crippen LogP contribution >= 0.6 is 0 Å². The number of hydrogen-bond donors (Lipinski definition) is 1. The minimum absolute atomic E-state index is 0.188. The van der Waals surface area contributed by atoms with Gasteiger partial charge >= 0.3 is 0 Å². The van der Waals surface area contributed by atoms with Crippen LogP contribution in [0.5, 0.6) is 5.75 Å². The number of phenols is 1. The maximum atomic E-state index is 13.4. The molecule has 27 heavy (non-hydrogen) atoms. The number of aromatic hydroxyl groups is 1. The van der Waals surface area contributed by atoms with E-state index in [9.17, 15) is 9.50 Å². The van der Waals surface area contributed by atoms with Crippen molar-refractivity contribution in [3.8, 4) is 28.3 Å². The van der Waals surface area contributed by atoms with Gasteiger partial charge in [0.1, 0.15) is 11.6 Å². The van der Waals surface area contributed by atoms with Crippen LogP contribution in [0, 0.1) is 5.82 Å². The molecule has 0 bridgehead atoms. The Kier molecular flexibility index (Phi) is 3.44. The van der Waals surface area contributed by atoms with Crippen molar-refractivity contribution in [2.24, 2.45) is 0 Å². The number of para-hydroxylation sites is 1. The van der Waals surface area contributed by atoms with E-state index in [-0.39, 0.29) is 11.6 Å². The van der Waals surface area contributed by atoms with Crippen LogP contribution < -0.4 is 0 Å². The van der Waals surface area contributed by atoms with Gasteiger partial charge in [-0.15, -0.1) is 0 Å². The van der Waals surface area contributed by atoms with Crippen molar-refractivity contribution in [3.63, 3.8) is 0 Å². The van der Waals surface area contributed by atoms with Crippen LogP contribution in [0.3, 0.4) is 0 Å². The van der Waals surface area contributed by atoms with E-state index in [1.807, 2.05) is 34.8 Å². The molecule has 0 amide bonds. The highest BCUT2D eigenvalue weighted by Gasteiger charge is 2.14. The van der Waals surface area contributed by atoms with Gasteiger partial charge in [-0.2, -0.15) is 5.10 Å². The molecule has 0 spiro atoms. The van der Waals surface area contributed by atoms with Crippen molar-refractivity contribution in [1.82, 2.24) is 9.61 Å². The minimum atomic E-state index is -0.272. The quantitative estimate of drug-likeness (QED) is 0.444. The SMILES string of the molecule is Oc1ccccc1-c1cc2c3ccccc3cc(-c3ccc(F)cc3)n2n1. The van der Waals surface area contributed by atoms with Crippen molar-refractivity contribution in [2.75, 3.05) is 0 Å². The molecule has 0 atom stereocenters. The lowest BCUT2D eigenvalue weighted by Crippen LogP contribution is -1.95. The van der Waals surface area contributed by atoms with Crippen molar-refractivity contribution in [2.45, 2.75) is 0 Å². The number of fused-ring (bicyclic) bond motifs is 3. The van der Waals surface area contributed by atoms with Crippen LogP contribution in [-0.2, 0) is 0 Å². The summed E-state index contributed by atoms with van der Waals surface area (Å²) in [5.41, 5.74) is 4.04. The summed E-state index contributed by atoms with van der Waals surface area (Å²) >= 11 is 0. The third kappa shape index (κ3) is 2.54. The number of pyridine rings is 1. The minimum Gasteiger partial charge on any atom is -0.507 e. The number of nitrogens with zero attached hydrogens (tertiary/aromatic N) is 2. The van der Waals surface area contributed by atoms with Gasteiger partial charge in [0.2, 0.25) is 0 Å². The largest absolute Gasteiger partial charge is 0.507 e. The lowest BCUT2D eigenvalue weighted by Gasteiger charge is -2.09. The van der Waals surface area contributed by atoms with Gasteiger partial charge in [0.15, 0.2) is 0 Å². The van der Waals surface area contributed by atoms with Crippen molar-refractivity contribution in [3.05, 3.63) is 90.7 Å². The van der Waals surface area contributed by atoms with E-state index >= 15 is 0 Å². The molecule has 0 radical (unpaired) electrons. The molecule has 4 heteroatoms. The summed E-state index contributed by atoms with van der Waals surface area (Å²) in [6.45, 7) is 0. The Hall–Kier alpha value is -3.66. The fraction of sp³-hybridized carbons (Fsp3) is 0. The van der Waals surface area contributed by atoms with Crippen LogP contribution in [0.4, 0.5) is 4.39 Å². The first-order chi connectivity index (χ1) is 13.2. The first kappa shape index (κ1) is 15.6. The summed E-state index contributed by atoms with van der Waals surface area (Å²) in [5, 5.41) is 17.1. The van der Waals surface area contributed by atoms with Gasteiger partial charge in [-0.05, 0) is 53.9 Å². The summed E-state index contributed by atoms with van der Waals surface area (Å²) in [4.78, 5) is 0. The summed E-state index contributed by atoms with van der Waals surface area (Å²) in [6, 6.07) is 25.7. The summed E-state index contributed by atoms with van der Waals surface area (Å²) in [7, 11) is 0. The molecule has 1 N–H and O–H groups in total. The maximum Gasteiger partial charge on any atom is 0.125 e. The molecule has 130 valence electrons. The van der Waals surface area contributed by atoms with Gasteiger partial charge in [0.25, 0.3) is 0 Å². The average Bonchev–Trinajstić information content (AvgIpc) is 3.14. The fourth-order valence-electron chi connectivity index (χ4n) is 3.47. The Labute approximate surface area is 154 Å². The highest BCUT2D eigenvalue weighted by Crippen LogP contribution is 2.33. The lowest BCUT2D eigenvalue weighted by atomic mass is 10.1. The second-order valence-electron chi connectivity index (χ2n) is 6.47. The Bertz CT molecular complexity index is 1290. The molecule has 2 heterocycles. The van der Waals surface area contributed by atoms with Crippen molar-refractivity contribution >= 4 is 16.3 Å². The zero-order valence-electron chi connectivity index (χ0n) is 14.3. The van der Waals surface area contributed by atoms with E-state index in [1.54, 1.807) is 24.3 Å². The molecule has 5 rings (SSSR count). The Morgan fingerprint density at radius 2 is 1.56 bits per heavy atom. The van der Waals surface area contributed by atoms with Crippen LogP contribution in [0.25, 0.3) is 38.8 Å². The third-order valence-corrected chi connectivity index (χ3v) is 4.79. The van der Waals surface area contributed by atoms with Gasteiger partial charge in [-0.1, -0.05) is 36.4 Å². The highest BCUT2D eigenvalue weighted by molar-refractivity contribution is 5.99. The molecule has 0 unspecified atom stereocenters. The zero-order valence-corrected chi connectivity index (χ0v) is 14.3. The molecular formula is C23H15FN2O. The molecule has 2 aromatic heterocycles. The Morgan fingerprint density at radius 3 is 2.37 bits per heavy atom. The molecule has 0 aliphatic heterocycles. The predicted octanol–water partition coefficient (Wildman–Crippen LogP) is 5.67. The molecule has 3 nitrogen and oxygen atoms in total. The third-order valence-electron chi connectivity index (χ3n) is 4.79. The molecule has 0 fully saturated rings. The molecule has 0 aliphatic rings. The predicted molar refractivity (Wildman–Crippen MR) is 105 cm³/mol. The summed E-state index contributed by atoms with van der Waals surface area (Å²) < 4.78 is 15.2.